The first-order valence-electron chi connectivity index (χ1n) is 14.3. The fourth-order valence-corrected chi connectivity index (χ4v) is 8.79. The van der Waals surface area contributed by atoms with Crippen LogP contribution in [0.1, 0.15) is 0 Å². The van der Waals surface area contributed by atoms with Crippen LogP contribution in [0.3, 0.4) is 0 Å². The van der Waals surface area contributed by atoms with Gasteiger partial charge in [0.1, 0.15) is 22.6 Å². The van der Waals surface area contributed by atoms with Gasteiger partial charge in [-0.15, -0.1) is 0 Å². The number of nitrogens with one attached hydrogen (secondary N) is 2. The predicted molar refractivity (Wildman–Crippen MR) is 216 cm³/mol. The van der Waals surface area contributed by atoms with Crippen LogP contribution in [0.4, 0.5) is 0 Å². The van der Waals surface area contributed by atoms with E-state index in [-0.39, 0.29) is 106 Å². The van der Waals surface area contributed by atoms with Gasteiger partial charge in [-0.1, -0.05) is 139 Å². The second kappa shape index (κ2) is 12.6. The minimum atomic E-state index is 0.0834. The summed E-state index contributed by atoms with van der Waals surface area (Å²) in [7, 11) is 0. The van der Waals surface area contributed by atoms with Gasteiger partial charge in [-0.2, -0.15) is 0 Å². The van der Waals surface area contributed by atoms with Gasteiger partial charge in [-0.05, 0) is 24.3 Å². The van der Waals surface area contributed by atoms with E-state index in [1.54, 1.807) is 24.3 Å². The molecule has 3 aromatic heterocycles. The highest BCUT2D eigenvalue weighted by Gasteiger charge is 2.29. The second-order valence-electron chi connectivity index (χ2n) is 11.2. The number of H-pyrrole nitrogens is 2. The molecule has 0 radical (unpaired) electrons. The van der Waals surface area contributed by atoms with Gasteiger partial charge in [0.15, 0.2) is 23.3 Å². The molecule has 8 nitrogen and oxygen atoms in total. The van der Waals surface area contributed by atoms with Crippen molar-refractivity contribution < 1.29 is 0 Å². The zero-order chi connectivity index (χ0) is 36.7. The van der Waals surface area contributed by atoms with Crippen molar-refractivity contribution in [3.05, 3.63) is 84.5 Å². The maximum Gasteiger partial charge on any atom is 0.166 e. The molecule has 7 aromatic rings. The van der Waals surface area contributed by atoms with Crippen LogP contribution in [0.5, 0.6) is 0 Å². The van der Waals surface area contributed by atoms with Crippen molar-refractivity contribution in [1.29, 1.82) is 0 Å². The maximum absolute atomic E-state index is 6.82. The Balaban J connectivity index is 1.56. The lowest BCUT2D eigenvalue weighted by Crippen LogP contribution is -1.86. The SMILES string of the molecule is Clc1cc2c(c(Cl)c1Cl)-c1nc-2nc2[nH]c(nc3nc(nc4[nH]c(n1)c1cc(Cl)c(Cl)c(Cl)c41)-c1cc(Cl)c(Cl)c(Cl)c1-3)c1cc(Cl)c(Cl)c(Cl)c21. The number of benzene rings is 4. The molecular formula is C32H6Cl12N8. The molecule has 0 saturated heterocycles. The van der Waals surface area contributed by atoms with E-state index in [4.69, 9.17) is 169 Å². The Morgan fingerprint density at radius 2 is 0.654 bits per heavy atom. The fourth-order valence-electron chi connectivity index (χ4n) is 6.02. The van der Waals surface area contributed by atoms with E-state index in [9.17, 15) is 0 Å². The first kappa shape index (κ1) is 35.4. The van der Waals surface area contributed by atoms with Crippen LogP contribution in [0, 0.1) is 0 Å². The zero-order valence-electron chi connectivity index (χ0n) is 24.5. The van der Waals surface area contributed by atoms with Crippen molar-refractivity contribution in [3.8, 4) is 45.6 Å². The molecule has 0 atom stereocenters. The summed E-state index contributed by atoms with van der Waals surface area (Å²) >= 11 is 79.4. The number of nitrogens with zero attached hydrogens (tertiary/aromatic N) is 6. The third-order valence-electron chi connectivity index (χ3n) is 8.33. The number of aromatic amines is 2. The van der Waals surface area contributed by atoms with Crippen LogP contribution in [-0.4, -0.2) is 39.9 Å². The van der Waals surface area contributed by atoms with Crippen molar-refractivity contribution >= 4 is 183 Å². The van der Waals surface area contributed by atoms with Crippen LogP contribution >= 0.6 is 139 Å². The number of hydrogen-bond donors (Lipinski definition) is 2. The quantitative estimate of drug-likeness (QED) is 0.147. The van der Waals surface area contributed by atoms with Crippen LogP contribution in [-0.2, 0) is 0 Å². The molecule has 2 aliphatic rings. The van der Waals surface area contributed by atoms with Gasteiger partial charge in [0.05, 0.1) is 71.4 Å². The van der Waals surface area contributed by atoms with E-state index >= 15 is 0 Å². The Morgan fingerprint density at radius 3 is 1.04 bits per heavy atom. The minimum Gasteiger partial charge on any atom is -0.324 e. The molecule has 0 saturated carbocycles. The number of rotatable bonds is 0. The van der Waals surface area contributed by atoms with Crippen molar-refractivity contribution in [1.82, 2.24) is 39.9 Å². The topological polar surface area (TPSA) is 109 Å². The van der Waals surface area contributed by atoms with Crippen LogP contribution in [0.15, 0.2) is 24.3 Å². The summed E-state index contributed by atoms with van der Waals surface area (Å²) < 4.78 is 0. The highest BCUT2D eigenvalue weighted by molar-refractivity contribution is 6.53. The summed E-state index contributed by atoms with van der Waals surface area (Å²) in [4.78, 5) is 35.4. The summed E-state index contributed by atoms with van der Waals surface area (Å²) in [5.41, 5.74) is 2.36. The number of fused-ring (bicyclic) bond motifs is 20. The standard InChI is InChI=1S/C32H6Cl12N8/c33-9-1-5-13(21(41)17(9)37)29-45-25(5)49-30-14-6(2-10(34)18(38)22(14)42)27(46-30)51-32-16-8(4-12(36)20(40)24(16)44)28(48-32)52-31-15-7(26(47-31)50-29)3-11(35)19(39)23(15)43/h1-4H,(H2,45,46,47,48,49,50,51,52). The Kier molecular flexibility index (Phi) is 8.60. The third kappa shape index (κ3) is 5.19. The number of halogens is 12. The van der Waals surface area contributed by atoms with E-state index < -0.39 is 0 Å². The highest BCUT2D eigenvalue weighted by atomic mass is 35.5. The molecule has 0 spiro atoms. The van der Waals surface area contributed by atoms with Crippen molar-refractivity contribution in [2.45, 2.75) is 0 Å². The smallest absolute Gasteiger partial charge is 0.166 e. The average molecular weight is 928 g/mol. The van der Waals surface area contributed by atoms with Gasteiger partial charge < -0.3 is 9.97 Å². The van der Waals surface area contributed by atoms with Crippen LogP contribution < -0.4 is 0 Å². The Bertz CT molecular complexity index is 2810. The van der Waals surface area contributed by atoms with Gasteiger partial charge in [0, 0.05) is 32.7 Å². The molecule has 20 heteroatoms. The Morgan fingerprint density at radius 1 is 0.327 bits per heavy atom. The molecule has 9 rings (SSSR count). The molecule has 5 heterocycles. The van der Waals surface area contributed by atoms with E-state index in [1.807, 2.05) is 0 Å². The first-order valence-corrected chi connectivity index (χ1v) is 18.8. The van der Waals surface area contributed by atoms with Crippen LogP contribution in [0.2, 0.25) is 60.3 Å². The van der Waals surface area contributed by atoms with Crippen molar-refractivity contribution in [3.63, 3.8) is 0 Å². The Hall–Kier alpha value is -2.28. The fraction of sp³-hybridized carbons (Fsp3) is 0. The largest absolute Gasteiger partial charge is 0.324 e. The summed E-state index contributed by atoms with van der Waals surface area (Å²) in [6.07, 6.45) is 0. The summed E-state index contributed by atoms with van der Waals surface area (Å²) in [6.45, 7) is 0. The zero-order valence-corrected chi connectivity index (χ0v) is 33.6. The second-order valence-corrected chi connectivity index (χ2v) is 15.9. The predicted octanol–water partition coefficient (Wildman–Crippen LogP) is 14.7. The molecule has 258 valence electrons. The summed E-state index contributed by atoms with van der Waals surface area (Å²) in [5, 5.41) is 2.94. The molecule has 8 bridgehead atoms. The van der Waals surface area contributed by atoms with E-state index in [2.05, 4.69) is 9.97 Å². The van der Waals surface area contributed by atoms with E-state index in [1.165, 1.54) is 0 Å². The van der Waals surface area contributed by atoms with Gasteiger partial charge in [-0.25, -0.2) is 29.9 Å². The molecule has 0 aliphatic carbocycles. The third-order valence-corrected chi connectivity index (χ3v) is 13.4. The molecule has 0 unspecified atom stereocenters. The lowest BCUT2D eigenvalue weighted by atomic mass is 10.1. The highest BCUT2D eigenvalue weighted by Crippen LogP contribution is 2.49. The molecule has 0 amide bonds. The normalized spacial score (nSPS) is 12.2. The molecule has 52 heavy (non-hydrogen) atoms. The maximum atomic E-state index is 6.82. The summed E-state index contributed by atoms with van der Waals surface area (Å²) in [5.74, 6) is 0.506. The average Bonchev–Trinajstić information content (AvgIpc) is 3.82. The molecule has 0 fully saturated rings. The molecule has 4 aromatic carbocycles. The van der Waals surface area contributed by atoms with E-state index in [0.29, 0.717) is 43.8 Å². The van der Waals surface area contributed by atoms with E-state index in [0.717, 1.165) is 0 Å². The van der Waals surface area contributed by atoms with Crippen molar-refractivity contribution in [2.75, 3.05) is 0 Å². The molecule has 2 N–H and O–H groups in total. The van der Waals surface area contributed by atoms with Crippen molar-refractivity contribution in [2.24, 2.45) is 0 Å². The van der Waals surface area contributed by atoms with Gasteiger partial charge in [0.25, 0.3) is 0 Å². The Labute approximate surface area is 350 Å². The van der Waals surface area contributed by atoms with Gasteiger partial charge in [0.2, 0.25) is 0 Å². The number of aromatic nitrogens is 8. The monoisotopic (exact) mass is 922 g/mol. The lowest BCUT2D eigenvalue weighted by Gasteiger charge is -2.06. The molecular weight excluding hydrogens is 922 g/mol. The summed E-state index contributed by atoms with van der Waals surface area (Å²) in [6, 6.07) is 6.32. The number of hydrogen-bond acceptors (Lipinski definition) is 6. The minimum absolute atomic E-state index is 0.0834. The first-order chi connectivity index (χ1) is 24.7. The molecule has 2 aliphatic heterocycles. The van der Waals surface area contributed by atoms with Gasteiger partial charge in [-0.3, -0.25) is 0 Å². The van der Waals surface area contributed by atoms with Gasteiger partial charge >= 0.3 is 0 Å². The van der Waals surface area contributed by atoms with Crippen LogP contribution in [0.25, 0.3) is 89.7 Å². The lowest BCUT2D eigenvalue weighted by molar-refractivity contribution is 1.19.